The van der Waals surface area contributed by atoms with Gasteiger partial charge in [-0.2, -0.15) is 0 Å². The minimum atomic E-state index is 0.0843. The predicted molar refractivity (Wildman–Crippen MR) is 82.6 cm³/mol. The van der Waals surface area contributed by atoms with Crippen LogP contribution in [0.1, 0.15) is 30.9 Å². The van der Waals surface area contributed by atoms with Gasteiger partial charge in [-0.15, -0.1) is 0 Å². The first kappa shape index (κ1) is 14.4. The zero-order valence-electron chi connectivity index (χ0n) is 12.7. The minimum absolute atomic E-state index is 0.0843. The Kier molecular flexibility index (Phi) is 4.44. The summed E-state index contributed by atoms with van der Waals surface area (Å²) < 4.78 is 5.71. The summed E-state index contributed by atoms with van der Waals surface area (Å²) in [7, 11) is 0. The number of carbonyl (C=O) groups excluding carboxylic acids is 1. The standard InChI is InChI=1S/C17H24N2O2/c1-13-11-19(9-8-18-13)17(20)12-21-16-7-6-14-4-2-3-5-15(14)10-16/h6-7,10,13,18H,2-5,8-9,11-12H2,1H3/t13-/m1/s1. The lowest BCUT2D eigenvalue weighted by atomic mass is 9.92. The number of hydrogen-bond donors (Lipinski definition) is 1. The Balaban J connectivity index is 1.56. The highest BCUT2D eigenvalue weighted by molar-refractivity contribution is 5.78. The molecule has 0 aromatic heterocycles. The van der Waals surface area contributed by atoms with Gasteiger partial charge >= 0.3 is 0 Å². The molecule has 0 spiro atoms. The molecule has 1 heterocycles. The van der Waals surface area contributed by atoms with Crippen LogP contribution < -0.4 is 10.1 Å². The number of aryl methyl sites for hydroxylation is 2. The van der Waals surface area contributed by atoms with E-state index < -0.39 is 0 Å². The van der Waals surface area contributed by atoms with Crippen molar-refractivity contribution in [2.75, 3.05) is 26.2 Å². The van der Waals surface area contributed by atoms with Gasteiger partial charge in [-0.05, 0) is 55.9 Å². The fourth-order valence-electron chi connectivity index (χ4n) is 3.19. The number of nitrogens with one attached hydrogen (secondary N) is 1. The molecule has 0 unspecified atom stereocenters. The second kappa shape index (κ2) is 6.48. The van der Waals surface area contributed by atoms with Crippen molar-refractivity contribution in [1.82, 2.24) is 10.2 Å². The van der Waals surface area contributed by atoms with E-state index in [4.69, 9.17) is 4.74 Å². The number of benzene rings is 1. The highest BCUT2D eigenvalue weighted by atomic mass is 16.5. The molecule has 2 aliphatic rings. The third kappa shape index (κ3) is 3.56. The van der Waals surface area contributed by atoms with Crippen LogP contribution in [-0.2, 0) is 17.6 Å². The van der Waals surface area contributed by atoms with E-state index in [0.717, 1.165) is 31.8 Å². The summed E-state index contributed by atoms with van der Waals surface area (Å²) in [6, 6.07) is 6.63. The van der Waals surface area contributed by atoms with Crippen molar-refractivity contribution in [1.29, 1.82) is 0 Å². The van der Waals surface area contributed by atoms with Crippen LogP contribution in [0.3, 0.4) is 0 Å². The van der Waals surface area contributed by atoms with Gasteiger partial charge in [-0.25, -0.2) is 0 Å². The Labute approximate surface area is 126 Å². The number of rotatable bonds is 3. The number of ether oxygens (including phenoxy) is 1. The van der Waals surface area contributed by atoms with Crippen molar-refractivity contribution < 1.29 is 9.53 Å². The maximum absolute atomic E-state index is 12.2. The van der Waals surface area contributed by atoms with Crippen LogP contribution >= 0.6 is 0 Å². The van der Waals surface area contributed by atoms with E-state index in [1.807, 2.05) is 11.0 Å². The lowest BCUT2D eigenvalue weighted by Gasteiger charge is -2.31. The second-order valence-corrected chi connectivity index (χ2v) is 6.12. The molecule has 1 atom stereocenters. The van der Waals surface area contributed by atoms with E-state index in [1.165, 1.54) is 30.4 Å². The van der Waals surface area contributed by atoms with Crippen LogP contribution in [0.15, 0.2) is 18.2 Å². The van der Waals surface area contributed by atoms with Crippen molar-refractivity contribution in [3.05, 3.63) is 29.3 Å². The van der Waals surface area contributed by atoms with E-state index >= 15 is 0 Å². The first-order valence-corrected chi connectivity index (χ1v) is 7.98. The van der Waals surface area contributed by atoms with Crippen molar-refractivity contribution >= 4 is 5.91 Å². The highest BCUT2D eigenvalue weighted by Crippen LogP contribution is 2.25. The van der Waals surface area contributed by atoms with Gasteiger partial charge < -0.3 is 15.0 Å². The number of amides is 1. The Morgan fingerprint density at radius 3 is 2.95 bits per heavy atom. The lowest BCUT2D eigenvalue weighted by Crippen LogP contribution is -2.52. The van der Waals surface area contributed by atoms with Crippen molar-refractivity contribution in [2.24, 2.45) is 0 Å². The molecule has 3 rings (SSSR count). The summed E-state index contributed by atoms with van der Waals surface area (Å²) in [6.07, 6.45) is 4.85. The number of fused-ring (bicyclic) bond motifs is 1. The molecule has 1 aliphatic carbocycles. The van der Waals surface area contributed by atoms with Crippen LogP contribution in [0, 0.1) is 0 Å². The summed E-state index contributed by atoms with van der Waals surface area (Å²) in [5, 5.41) is 3.34. The lowest BCUT2D eigenvalue weighted by molar-refractivity contribution is -0.134. The second-order valence-electron chi connectivity index (χ2n) is 6.12. The predicted octanol–water partition coefficient (Wildman–Crippen LogP) is 1.76. The zero-order valence-corrected chi connectivity index (χ0v) is 12.7. The smallest absolute Gasteiger partial charge is 0.260 e. The molecule has 4 heteroatoms. The summed E-state index contributed by atoms with van der Waals surface area (Å²) >= 11 is 0. The van der Waals surface area contributed by atoms with Gasteiger partial charge in [0.1, 0.15) is 5.75 Å². The quantitative estimate of drug-likeness (QED) is 0.921. The Morgan fingerprint density at radius 2 is 2.14 bits per heavy atom. The molecular formula is C17H24N2O2. The molecule has 0 bridgehead atoms. The molecule has 0 radical (unpaired) electrons. The Morgan fingerprint density at radius 1 is 1.33 bits per heavy atom. The van der Waals surface area contributed by atoms with Crippen molar-refractivity contribution in [2.45, 2.75) is 38.6 Å². The fraction of sp³-hybridized carbons (Fsp3) is 0.588. The number of piperazine rings is 1. The topological polar surface area (TPSA) is 41.6 Å². The zero-order chi connectivity index (χ0) is 14.7. The molecule has 1 aliphatic heterocycles. The molecule has 1 N–H and O–H groups in total. The number of carbonyl (C=O) groups is 1. The van der Waals surface area contributed by atoms with Gasteiger partial charge in [-0.1, -0.05) is 6.07 Å². The molecule has 1 saturated heterocycles. The highest BCUT2D eigenvalue weighted by Gasteiger charge is 2.20. The van der Waals surface area contributed by atoms with E-state index in [-0.39, 0.29) is 12.5 Å². The molecular weight excluding hydrogens is 264 g/mol. The average Bonchev–Trinajstić information content (AvgIpc) is 2.52. The van der Waals surface area contributed by atoms with Crippen LogP contribution in [0.4, 0.5) is 0 Å². The molecule has 1 fully saturated rings. The van der Waals surface area contributed by atoms with E-state index in [0.29, 0.717) is 6.04 Å². The van der Waals surface area contributed by atoms with Gasteiger partial charge in [0.25, 0.3) is 5.91 Å². The first-order chi connectivity index (χ1) is 10.2. The van der Waals surface area contributed by atoms with Crippen LogP contribution in [-0.4, -0.2) is 43.1 Å². The van der Waals surface area contributed by atoms with Gasteiger partial charge in [-0.3, -0.25) is 4.79 Å². The molecule has 1 aromatic rings. The van der Waals surface area contributed by atoms with E-state index in [2.05, 4.69) is 24.4 Å². The third-order valence-corrected chi connectivity index (χ3v) is 4.40. The monoisotopic (exact) mass is 288 g/mol. The van der Waals surface area contributed by atoms with Crippen molar-refractivity contribution in [3.8, 4) is 5.75 Å². The summed E-state index contributed by atoms with van der Waals surface area (Å²) in [5.41, 5.74) is 2.83. The van der Waals surface area contributed by atoms with Crippen LogP contribution in [0.5, 0.6) is 5.75 Å². The van der Waals surface area contributed by atoms with Gasteiger partial charge in [0.05, 0.1) is 0 Å². The number of hydrogen-bond acceptors (Lipinski definition) is 3. The summed E-state index contributed by atoms with van der Waals surface area (Å²) in [6.45, 7) is 4.66. The van der Waals surface area contributed by atoms with E-state index in [9.17, 15) is 4.79 Å². The Hall–Kier alpha value is -1.55. The maximum Gasteiger partial charge on any atom is 0.260 e. The summed E-state index contributed by atoms with van der Waals surface area (Å²) in [5.74, 6) is 0.910. The molecule has 1 aromatic carbocycles. The fourth-order valence-corrected chi connectivity index (χ4v) is 3.19. The Bertz CT molecular complexity index is 516. The van der Waals surface area contributed by atoms with Crippen LogP contribution in [0.25, 0.3) is 0 Å². The maximum atomic E-state index is 12.2. The SMILES string of the molecule is C[C@@H]1CN(C(=O)COc2ccc3c(c2)CCCC3)CCN1. The van der Waals surface area contributed by atoms with Gasteiger partial charge in [0.15, 0.2) is 6.61 Å². The molecule has 4 nitrogen and oxygen atoms in total. The van der Waals surface area contributed by atoms with Crippen molar-refractivity contribution in [3.63, 3.8) is 0 Å². The molecule has 21 heavy (non-hydrogen) atoms. The normalized spacial score (nSPS) is 21.8. The number of nitrogens with zero attached hydrogens (tertiary/aromatic N) is 1. The average molecular weight is 288 g/mol. The van der Waals surface area contributed by atoms with Gasteiger partial charge in [0, 0.05) is 25.7 Å². The summed E-state index contributed by atoms with van der Waals surface area (Å²) in [4.78, 5) is 14.1. The molecule has 1 amide bonds. The molecule has 0 saturated carbocycles. The molecule has 114 valence electrons. The largest absolute Gasteiger partial charge is 0.484 e. The minimum Gasteiger partial charge on any atom is -0.484 e. The van der Waals surface area contributed by atoms with Gasteiger partial charge in [0.2, 0.25) is 0 Å². The van der Waals surface area contributed by atoms with E-state index in [1.54, 1.807) is 0 Å². The van der Waals surface area contributed by atoms with Crippen LogP contribution in [0.2, 0.25) is 0 Å². The third-order valence-electron chi connectivity index (χ3n) is 4.40. The first-order valence-electron chi connectivity index (χ1n) is 7.98.